The summed E-state index contributed by atoms with van der Waals surface area (Å²) in [6.45, 7) is 0.668. The highest BCUT2D eigenvalue weighted by Crippen LogP contribution is 2.48. The largest absolute Gasteiger partial charge is 0.461 e. The second kappa shape index (κ2) is 12.3. The average Bonchev–Trinajstić information content (AvgIpc) is 3.53. The molecule has 5 N–H and O–H groups in total. The number of fused-ring (bicyclic) bond motifs is 1. The fourth-order valence-corrected chi connectivity index (χ4v) is 6.63. The van der Waals surface area contributed by atoms with Crippen LogP contribution in [0.25, 0.3) is 5.52 Å². The van der Waals surface area contributed by atoms with Gasteiger partial charge in [-0.3, -0.25) is 9.32 Å². The van der Waals surface area contributed by atoms with Gasteiger partial charge in [0.25, 0.3) is 0 Å². The van der Waals surface area contributed by atoms with Crippen LogP contribution in [0.1, 0.15) is 50.8 Å². The fourth-order valence-electron chi connectivity index (χ4n) is 5.11. The molecule has 3 heterocycles. The predicted molar refractivity (Wildman–Crippen MR) is 148 cm³/mol. The summed E-state index contributed by atoms with van der Waals surface area (Å²) in [5, 5.41) is 38.7. The average molecular weight is 601 g/mol. The van der Waals surface area contributed by atoms with Gasteiger partial charge in [0, 0.05) is 0 Å². The number of benzene rings is 1. The summed E-state index contributed by atoms with van der Waals surface area (Å²) in [5.74, 6) is -0.290. The van der Waals surface area contributed by atoms with Crippen molar-refractivity contribution in [2.75, 3.05) is 12.3 Å². The smallest absolute Gasteiger partial charge is 0.459 e. The third-order valence-electron chi connectivity index (χ3n) is 7.40. The predicted octanol–water partition coefficient (Wildman–Crippen LogP) is 2.42. The van der Waals surface area contributed by atoms with E-state index in [1.807, 2.05) is 6.07 Å². The van der Waals surface area contributed by atoms with Crippen LogP contribution in [0.2, 0.25) is 0 Å². The minimum atomic E-state index is -4.40. The van der Waals surface area contributed by atoms with Crippen molar-refractivity contribution in [3.05, 3.63) is 54.5 Å². The summed E-state index contributed by atoms with van der Waals surface area (Å²) in [5.41, 5.74) is 4.46. The molecule has 224 valence electrons. The molecule has 0 amide bonds. The summed E-state index contributed by atoms with van der Waals surface area (Å²) < 4.78 is 38.2. The number of nitrogens with one attached hydrogen (secondary N) is 1. The molecule has 1 saturated heterocycles. The molecule has 2 fully saturated rings. The van der Waals surface area contributed by atoms with E-state index in [0.717, 1.165) is 32.1 Å². The molecule has 5 rings (SSSR count). The van der Waals surface area contributed by atoms with Crippen LogP contribution in [0.5, 0.6) is 5.75 Å². The fraction of sp³-hybridized carbons (Fsp3) is 0.481. The maximum absolute atomic E-state index is 14.0. The molecule has 14 nitrogen and oxygen atoms in total. The maximum atomic E-state index is 14.0. The molecule has 42 heavy (non-hydrogen) atoms. The van der Waals surface area contributed by atoms with E-state index in [1.54, 1.807) is 30.3 Å². The highest BCUT2D eigenvalue weighted by Gasteiger charge is 2.57. The zero-order valence-corrected chi connectivity index (χ0v) is 23.8. The monoisotopic (exact) mass is 600 g/mol. The van der Waals surface area contributed by atoms with E-state index >= 15 is 0 Å². The lowest BCUT2D eigenvalue weighted by molar-refractivity contribution is -0.152. The number of ether oxygens (including phenoxy) is 2. The van der Waals surface area contributed by atoms with Crippen LogP contribution in [-0.4, -0.2) is 67.3 Å². The molecule has 6 atom stereocenters. The number of carbonyl (C=O) groups is 1. The van der Waals surface area contributed by atoms with Gasteiger partial charge in [0.1, 0.15) is 60.7 Å². The quantitative estimate of drug-likeness (QED) is 0.195. The van der Waals surface area contributed by atoms with E-state index in [9.17, 15) is 24.8 Å². The molecule has 0 bridgehead atoms. The maximum Gasteiger partial charge on any atom is 0.459 e. The van der Waals surface area contributed by atoms with Crippen LogP contribution < -0.4 is 15.3 Å². The number of nitrogens with zero attached hydrogens (tertiary/aromatic N) is 4. The van der Waals surface area contributed by atoms with E-state index < -0.39 is 50.3 Å². The van der Waals surface area contributed by atoms with E-state index in [2.05, 4.69) is 15.2 Å². The first kappa shape index (κ1) is 29.9. The van der Waals surface area contributed by atoms with Crippen LogP contribution >= 0.6 is 7.75 Å². The number of hydrogen-bond donors (Lipinski definition) is 4. The molecule has 1 aromatic carbocycles. The minimum Gasteiger partial charge on any atom is -0.461 e. The number of aromatic nitrogens is 3. The Morgan fingerprint density at radius 3 is 2.71 bits per heavy atom. The summed E-state index contributed by atoms with van der Waals surface area (Å²) in [4.78, 5) is 16.8. The van der Waals surface area contributed by atoms with Crippen LogP contribution in [0.3, 0.4) is 0 Å². The minimum absolute atomic E-state index is 0.162. The van der Waals surface area contributed by atoms with Gasteiger partial charge in [0.15, 0.2) is 5.82 Å². The normalized spacial score (nSPS) is 26.8. The number of para-hydroxylation sites is 1. The molecule has 1 saturated carbocycles. The number of hydrogen-bond acceptors (Lipinski definition) is 12. The topological polar surface area (TPSA) is 204 Å². The van der Waals surface area contributed by atoms with Crippen LogP contribution in [0.4, 0.5) is 5.82 Å². The second-order valence-electron chi connectivity index (χ2n) is 10.4. The van der Waals surface area contributed by atoms with Gasteiger partial charge in [-0.25, -0.2) is 14.1 Å². The Morgan fingerprint density at radius 1 is 1.26 bits per heavy atom. The van der Waals surface area contributed by atoms with Crippen molar-refractivity contribution in [3.8, 4) is 11.8 Å². The van der Waals surface area contributed by atoms with Crippen LogP contribution in [0, 0.1) is 11.3 Å². The molecule has 2 aromatic heterocycles. The zero-order chi connectivity index (χ0) is 29.9. The molecule has 2 aliphatic rings. The highest BCUT2D eigenvalue weighted by atomic mass is 31.2. The number of esters is 1. The Morgan fingerprint density at radius 2 is 2.00 bits per heavy atom. The number of rotatable bonds is 10. The lowest BCUT2D eigenvalue weighted by Gasteiger charge is -2.29. The number of carbonyl (C=O) groups excluding carboxylic acids is 1. The first-order valence-electron chi connectivity index (χ1n) is 13.7. The van der Waals surface area contributed by atoms with Crippen molar-refractivity contribution in [2.24, 2.45) is 0 Å². The summed E-state index contributed by atoms with van der Waals surface area (Å²) >= 11 is 0. The third kappa shape index (κ3) is 6.12. The van der Waals surface area contributed by atoms with E-state index in [0.29, 0.717) is 11.2 Å². The van der Waals surface area contributed by atoms with Gasteiger partial charge in [0.2, 0.25) is 5.60 Å². The van der Waals surface area contributed by atoms with Gasteiger partial charge >= 0.3 is 13.7 Å². The van der Waals surface area contributed by atoms with E-state index in [1.165, 1.54) is 29.9 Å². The van der Waals surface area contributed by atoms with Crippen molar-refractivity contribution in [3.63, 3.8) is 0 Å². The number of anilines is 1. The zero-order valence-electron chi connectivity index (χ0n) is 22.9. The molecule has 0 radical (unpaired) electrons. The second-order valence-corrected chi connectivity index (χ2v) is 12.1. The van der Waals surface area contributed by atoms with Crippen molar-refractivity contribution >= 4 is 25.1 Å². The first-order chi connectivity index (χ1) is 20.1. The van der Waals surface area contributed by atoms with E-state index in [-0.39, 0.29) is 17.7 Å². The summed E-state index contributed by atoms with van der Waals surface area (Å²) in [6, 6.07) is 12.0. The number of aliphatic hydroxyl groups is 2. The van der Waals surface area contributed by atoms with Gasteiger partial charge in [-0.1, -0.05) is 24.6 Å². The SMILES string of the molecule is CC(NP(=O)(OC[C@@]1(C#N)O[C@@H](c2ccc3c(N)ncnn23)[C@H](O)[C@@H]1O)Oc1ccccc1)C(=O)OC1CCCCC1. The molecular formula is C27H33N6O8P. The van der Waals surface area contributed by atoms with Crippen LogP contribution in [0.15, 0.2) is 48.8 Å². The van der Waals surface area contributed by atoms with Crippen molar-refractivity contribution in [2.45, 2.75) is 75.1 Å². The molecule has 2 unspecified atom stereocenters. The Kier molecular flexibility index (Phi) is 8.79. The van der Waals surface area contributed by atoms with E-state index in [4.69, 9.17) is 24.3 Å². The first-order valence-corrected chi connectivity index (χ1v) is 15.2. The molecule has 1 aliphatic heterocycles. The third-order valence-corrected chi connectivity index (χ3v) is 9.02. The Balaban J connectivity index is 1.35. The Hall–Kier alpha value is -3.57. The lowest BCUT2D eigenvalue weighted by atomic mass is 9.96. The Labute approximate surface area is 241 Å². The standard InChI is InChI=1S/C27H33N6O8P/c1-17(26(36)39-18-8-4-2-5-9-18)32-42(37,41-19-10-6-3-7-11-19)38-15-27(14-28)24(35)22(34)23(40-27)20-12-13-21-25(29)30-16-31-33(20)21/h3,6-7,10-13,16-18,22-24,34-35H,2,4-5,8-9,15H2,1H3,(H,32,37)(H2,29,30,31)/t17?,22-,23-,24-,27+,42?/m0/s1. The molecule has 1 aliphatic carbocycles. The van der Waals surface area contributed by atoms with Crippen molar-refractivity contribution in [1.29, 1.82) is 5.26 Å². The van der Waals surface area contributed by atoms with Gasteiger partial charge in [-0.2, -0.15) is 15.4 Å². The number of nitriles is 1. The molecule has 15 heteroatoms. The van der Waals surface area contributed by atoms with Gasteiger partial charge < -0.3 is 29.9 Å². The van der Waals surface area contributed by atoms with Crippen molar-refractivity contribution < 1.29 is 38.1 Å². The van der Waals surface area contributed by atoms with Crippen LogP contribution in [-0.2, 0) is 23.4 Å². The number of nitrogen functional groups attached to an aromatic ring is 1. The summed E-state index contributed by atoms with van der Waals surface area (Å²) in [6.07, 6.45) is 0.914. The van der Waals surface area contributed by atoms with Gasteiger partial charge in [0.05, 0.1) is 5.69 Å². The Bertz CT molecular complexity index is 1490. The van der Waals surface area contributed by atoms with Crippen molar-refractivity contribution in [1.82, 2.24) is 19.7 Å². The lowest BCUT2D eigenvalue weighted by Crippen LogP contribution is -2.46. The van der Waals surface area contributed by atoms with Gasteiger partial charge in [-0.15, -0.1) is 0 Å². The van der Waals surface area contributed by atoms with Gasteiger partial charge in [-0.05, 0) is 56.9 Å². The number of nitrogens with two attached hydrogens (primary N) is 1. The number of aliphatic hydroxyl groups excluding tert-OH is 2. The highest BCUT2D eigenvalue weighted by molar-refractivity contribution is 7.52. The molecule has 0 spiro atoms. The summed E-state index contributed by atoms with van der Waals surface area (Å²) in [7, 11) is -4.40. The molecular weight excluding hydrogens is 567 g/mol. The molecule has 3 aromatic rings.